The fourth-order valence-electron chi connectivity index (χ4n) is 5.78. The van der Waals surface area contributed by atoms with Gasteiger partial charge in [0.05, 0.1) is 0 Å². The summed E-state index contributed by atoms with van der Waals surface area (Å²) in [6.07, 6.45) is 0. The van der Waals surface area contributed by atoms with Crippen LogP contribution >= 0.6 is 0 Å². The van der Waals surface area contributed by atoms with E-state index in [2.05, 4.69) is 37.2 Å². The largest absolute Gasteiger partial charge is 0.480 e. The number of carboxylic acid groups (broad SMARTS) is 1. The van der Waals surface area contributed by atoms with E-state index in [1.807, 2.05) is 0 Å². The van der Waals surface area contributed by atoms with Crippen LogP contribution in [0.25, 0.3) is 0 Å². The van der Waals surface area contributed by atoms with Gasteiger partial charge in [-0.15, -0.1) is 0 Å². The summed E-state index contributed by atoms with van der Waals surface area (Å²) in [7, 11) is 0. The third-order valence-corrected chi connectivity index (χ3v) is 14.0. The fraction of sp³-hybridized carbons (Fsp3) is 0.818. The van der Waals surface area contributed by atoms with Crippen LogP contribution in [0.5, 0.6) is 0 Å². The van der Waals surface area contributed by atoms with Gasteiger partial charge in [-0.2, -0.15) is 0 Å². The number of hydrogen-bond acceptors (Lipinski definition) is 8. The Morgan fingerprint density at radius 2 is 0.433 bits per heavy atom. The normalized spacial score (nSPS) is 19.1. The third-order valence-electron chi connectivity index (χ3n) is 14.0. The van der Waals surface area contributed by atoms with Crippen LogP contribution in [0.4, 0.5) is 0 Å². The molecule has 8 N–H and O–H groups in total. The second kappa shape index (κ2) is 19.6. The maximum Gasteiger partial charge on any atom is 0.329 e. The summed E-state index contributed by atoms with van der Waals surface area (Å²) in [6, 6.07) is 0. The number of aliphatic carboxylic acids is 1. The van der Waals surface area contributed by atoms with E-state index in [4.69, 9.17) is 0 Å². The predicted molar refractivity (Wildman–Crippen MR) is 233 cm³/mol. The lowest BCUT2D eigenvalue weighted by molar-refractivity contribution is -0.151. The van der Waals surface area contributed by atoms with Gasteiger partial charge in [0.1, 0.15) is 38.8 Å². The Morgan fingerprint density at radius 1 is 0.300 bits per heavy atom. The van der Waals surface area contributed by atoms with E-state index >= 15 is 0 Å². The predicted octanol–water partition coefficient (Wildman–Crippen LogP) is 3.81. The molecule has 0 aromatic rings. The van der Waals surface area contributed by atoms with Crippen molar-refractivity contribution >= 4 is 47.3 Å². The standard InChI is InChI=1S/C44H81N7O9/c1-23(2)38(16,45-30(15)52)31(53)46-39(17,24(3)4)32(54)47-40(18,25(5)6)33(55)48-41(19,26(7)8)34(56)49-42(20,27(9)10)35(57)50-43(21,28(11)12)36(58)51-44(22,29(13)14)37(59)60/h23-29H,1-22H3,(H,45,52)(H,46,53)(H,47,54)(H,48,55)(H,49,56)(H,50,57)(H,51,58)(H,59,60)/t38-,39-,40-,41-,42-,43-,44-/m0/s1. The van der Waals surface area contributed by atoms with E-state index in [0.717, 1.165) is 0 Å². The zero-order valence-corrected chi connectivity index (χ0v) is 40.8. The van der Waals surface area contributed by atoms with Crippen molar-refractivity contribution in [3.63, 3.8) is 0 Å². The Balaban J connectivity index is 6.94. The minimum absolute atomic E-state index is 0.347. The first-order chi connectivity index (χ1) is 26.7. The molecule has 7 amide bonds. The van der Waals surface area contributed by atoms with E-state index in [-0.39, 0.29) is 5.92 Å². The molecule has 0 heterocycles. The van der Waals surface area contributed by atoms with Crippen molar-refractivity contribution in [1.82, 2.24) is 37.2 Å². The number of rotatable bonds is 21. The first-order valence-electron chi connectivity index (χ1n) is 21.2. The second-order valence-corrected chi connectivity index (χ2v) is 20.2. The zero-order chi connectivity index (χ0) is 48.1. The molecule has 16 nitrogen and oxygen atoms in total. The summed E-state index contributed by atoms with van der Waals surface area (Å²) in [5.41, 5.74) is -11.1. The smallest absolute Gasteiger partial charge is 0.329 e. The molecule has 16 heteroatoms. The van der Waals surface area contributed by atoms with Gasteiger partial charge in [0, 0.05) is 6.92 Å². The van der Waals surface area contributed by atoms with Gasteiger partial charge in [0.15, 0.2) is 0 Å². The molecule has 0 saturated heterocycles. The second-order valence-electron chi connectivity index (χ2n) is 20.2. The summed E-state index contributed by atoms with van der Waals surface area (Å²) >= 11 is 0. The van der Waals surface area contributed by atoms with E-state index in [1.165, 1.54) is 41.5 Å². The highest BCUT2D eigenvalue weighted by atomic mass is 16.4. The Morgan fingerprint density at radius 3 is 0.550 bits per heavy atom. The quantitative estimate of drug-likeness (QED) is 0.0837. The van der Waals surface area contributed by atoms with Gasteiger partial charge in [0.2, 0.25) is 41.4 Å². The topological polar surface area (TPSA) is 241 Å². The molecule has 0 spiro atoms. The number of nitrogens with one attached hydrogen (secondary N) is 7. The molecule has 0 rings (SSSR count). The highest BCUT2D eigenvalue weighted by molar-refractivity contribution is 6.03. The van der Waals surface area contributed by atoms with Gasteiger partial charge >= 0.3 is 5.97 Å². The average Bonchev–Trinajstić information content (AvgIpc) is 3.09. The summed E-state index contributed by atoms with van der Waals surface area (Å²) in [5.74, 6) is -9.26. The Labute approximate surface area is 359 Å². The number of amides is 7. The van der Waals surface area contributed by atoms with E-state index in [9.17, 15) is 43.5 Å². The zero-order valence-electron chi connectivity index (χ0n) is 40.8. The Hall–Kier alpha value is -4.24. The van der Waals surface area contributed by atoms with Crippen molar-refractivity contribution in [3.05, 3.63) is 0 Å². The van der Waals surface area contributed by atoms with Gasteiger partial charge in [-0.25, -0.2) is 4.79 Å². The molecule has 60 heavy (non-hydrogen) atoms. The molecule has 0 bridgehead atoms. The van der Waals surface area contributed by atoms with Gasteiger partial charge in [-0.3, -0.25) is 33.6 Å². The Bertz CT molecular complexity index is 1640. The summed E-state index contributed by atoms with van der Waals surface area (Å²) < 4.78 is 0. The van der Waals surface area contributed by atoms with Crippen LogP contribution in [0.2, 0.25) is 0 Å². The van der Waals surface area contributed by atoms with Crippen molar-refractivity contribution in [2.45, 2.75) is 191 Å². The van der Waals surface area contributed by atoms with Crippen LogP contribution in [0, 0.1) is 41.4 Å². The van der Waals surface area contributed by atoms with Crippen molar-refractivity contribution in [2.75, 3.05) is 0 Å². The highest BCUT2D eigenvalue weighted by Crippen LogP contribution is 2.29. The number of carbonyl (C=O) groups is 8. The van der Waals surface area contributed by atoms with E-state index < -0.39 is 122 Å². The fourth-order valence-corrected chi connectivity index (χ4v) is 5.78. The van der Waals surface area contributed by atoms with Crippen LogP contribution in [-0.2, 0) is 38.4 Å². The maximum absolute atomic E-state index is 14.5. The van der Waals surface area contributed by atoms with Crippen LogP contribution in [-0.4, -0.2) is 91.2 Å². The Kier molecular flexibility index (Phi) is 18.3. The lowest BCUT2D eigenvalue weighted by atomic mass is 9.79. The van der Waals surface area contributed by atoms with Crippen molar-refractivity contribution in [1.29, 1.82) is 0 Å². The molecule has 0 aliphatic carbocycles. The molecule has 0 aliphatic heterocycles. The molecular weight excluding hydrogens is 771 g/mol. The molecule has 0 unspecified atom stereocenters. The first-order valence-corrected chi connectivity index (χ1v) is 21.2. The number of carboxylic acids is 1. The summed E-state index contributed by atoms with van der Waals surface area (Å²) in [6.45, 7) is 36.0. The SMILES string of the molecule is CC(=O)N[C@](C)(C(=O)N[C@](C)(C(=O)N[C@](C)(C(=O)N[C@](C)(C(=O)N[C@](C)(C(=O)N[C@](C)(C(=O)N[C@](C)(C(=O)O)C(C)C)C(C)C)C(C)C)C(C)C)C(C)C)C(C)C)C(C)C. The summed E-state index contributed by atoms with van der Waals surface area (Å²) in [4.78, 5) is 110. The van der Waals surface area contributed by atoms with Crippen molar-refractivity contribution < 1.29 is 43.5 Å². The van der Waals surface area contributed by atoms with Crippen LogP contribution in [0.3, 0.4) is 0 Å². The van der Waals surface area contributed by atoms with Crippen LogP contribution in [0.1, 0.15) is 152 Å². The maximum atomic E-state index is 14.5. The third kappa shape index (κ3) is 11.4. The van der Waals surface area contributed by atoms with Gasteiger partial charge in [0.25, 0.3) is 0 Å². The molecule has 0 aromatic heterocycles. The minimum Gasteiger partial charge on any atom is -0.480 e. The molecule has 0 saturated carbocycles. The number of carbonyl (C=O) groups excluding carboxylic acids is 7. The highest BCUT2D eigenvalue weighted by Gasteiger charge is 2.53. The molecule has 7 atom stereocenters. The van der Waals surface area contributed by atoms with Crippen LogP contribution < -0.4 is 37.2 Å². The molecule has 346 valence electrons. The van der Waals surface area contributed by atoms with E-state index in [1.54, 1.807) is 111 Å². The number of hydrogen-bond donors (Lipinski definition) is 8. The van der Waals surface area contributed by atoms with Gasteiger partial charge < -0.3 is 42.3 Å². The van der Waals surface area contributed by atoms with Crippen molar-refractivity contribution in [2.24, 2.45) is 41.4 Å². The lowest BCUT2D eigenvalue weighted by Gasteiger charge is -2.45. The molecule has 0 aliphatic rings. The lowest BCUT2D eigenvalue weighted by Crippen LogP contribution is -2.74. The van der Waals surface area contributed by atoms with Gasteiger partial charge in [-0.05, 0) is 89.9 Å². The monoisotopic (exact) mass is 852 g/mol. The van der Waals surface area contributed by atoms with E-state index in [0.29, 0.717) is 0 Å². The molecular formula is C44H81N7O9. The average molecular weight is 852 g/mol. The van der Waals surface area contributed by atoms with Gasteiger partial charge in [-0.1, -0.05) is 96.9 Å². The summed E-state index contributed by atoms with van der Waals surface area (Å²) in [5, 5.41) is 29.6. The molecule has 0 fully saturated rings. The van der Waals surface area contributed by atoms with Crippen LogP contribution in [0.15, 0.2) is 0 Å². The molecule has 0 radical (unpaired) electrons. The minimum atomic E-state index is -1.67. The molecule has 0 aromatic carbocycles. The first kappa shape index (κ1) is 55.8. The van der Waals surface area contributed by atoms with Crippen molar-refractivity contribution in [3.8, 4) is 0 Å².